The number of thiophene rings is 1. The van der Waals surface area contributed by atoms with Gasteiger partial charge in [-0.1, -0.05) is 17.7 Å². The summed E-state index contributed by atoms with van der Waals surface area (Å²) in [5.41, 5.74) is 0.884. The molecule has 2 heterocycles. The van der Waals surface area contributed by atoms with Crippen molar-refractivity contribution in [3.05, 3.63) is 51.6 Å². The summed E-state index contributed by atoms with van der Waals surface area (Å²) in [4.78, 5) is 27.3. The Labute approximate surface area is 178 Å². The van der Waals surface area contributed by atoms with Crippen molar-refractivity contribution in [1.29, 1.82) is 0 Å². The first-order valence-electron chi connectivity index (χ1n) is 9.86. The van der Waals surface area contributed by atoms with Gasteiger partial charge in [-0.3, -0.25) is 14.5 Å². The average Bonchev–Trinajstić information content (AvgIpc) is 3.44. The number of carbonyl (C=O) groups excluding carboxylic acids is 2. The fraction of sp³-hybridized carbons (Fsp3) is 0.429. The number of carbonyl (C=O) groups is 2. The number of piperidine rings is 1. The zero-order valence-corrected chi connectivity index (χ0v) is 17.5. The molecule has 2 aromatic rings. The third kappa shape index (κ3) is 5.35. The molecule has 2 fully saturated rings. The number of rotatable bonds is 6. The van der Waals surface area contributed by atoms with Gasteiger partial charge in [0.15, 0.2) is 0 Å². The molecule has 4 rings (SSSR count). The van der Waals surface area contributed by atoms with Crippen molar-refractivity contribution in [3.63, 3.8) is 0 Å². The number of halogens is 2. The smallest absolute Gasteiger partial charge is 0.261 e. The van der Waals surface area contributed by atoms with Crippen molar-refractivity contribution in [1.82, 2.24) is 10.2 Å². The molecule has 1 saturated heterocycles. The number of nitrogens with one attached hydrogen (secondary N) is 2. The second kappa shape index (κ2) is 8.81. The molecule has 8 heteroatoms. The van der Waals surface area contributed by atoms with Crippen LogP contribution in [0, 0.1) is 11.7 Å². The maximum atomic E-state index is 13.2. The van der Waals surface area contributed by atoms with Crippen molar-refractivity contribution < 1.29 is 14.0 Å². The summed E-state index contributed by atoms with van der Waals surface area (Å²) in [5, 5.41) is 7.12. The molecule has 0 bridgehead atoms. The Hall–Kier alpha value is -1.96. The van der Waals surface area contributed by atoms with E-state index in [1.54, 1.807) is 18.2 Å². The lowest BCUT2D eigenvalue weighted by Gasteiger charge is -2.33. The minimum Gasteiger partial charge on any atom is -0.347 e. The molecule has 1 aliphatic carbocycles. The summed E-state index contributed by atoms with van der Waals surface area (Å²) in [7, 11) is 0. The first-order chi connectivity index (χ1) is 14.0. The van der Waals surface area contributed by atoms with Gasteiger partial charge in [0.2, 0.25) is 5.91 Å². The third-order valence-corrected chi connectivity index (χ3v) is 6.63. The predicted molar refractivity (Wildman–Crippen MR) is 113 cm³/mol. The molecule has 1 aliphatic heterocycles. The van der Waals surface area contributed by atoms with Crippen LogP contribution in [0.25, 0.3) is 0 Å². The van der Waals surface area contributed by atoms with Gasteiger partial charge in [-0.25, -0.2) is 4.39 Å². The van der Waals surface area contributed by atoms with Crippen molar-refractivity contribution in [3.8, 4) is 0 Å². The molecule has 2 amide bonds. The Morgan fingerprint density at radius 3 is 2.79 bits per heavy atom. The van der Waals surface area contributed by atoms with Crippen LogP contribution in [0.2, 0.25) is 5.02 Å². The summed E-state index contributed by atoms with van der Waals surface area (Å²) in [6.45, 7) is 2.26. The van der Waals surface area contributed by atoms with E-state index in [1.165, 1.54) is 23.5 Å². The largest absolute Gasteiger partial charge is 0.347 e. The molecule has 2 aliphatic rings. The fourth-order valence-electron chi connectivity index (χ4n) is 3.56. The maximum absolute atomic E-state index is 13.2. The zero-order valence-electron chi connectivity index (χ0n) is 15.9. The Bertz CT molecular complexity index is 915. The minimum atomic E-state index is -0.342. The van der Waals surface area contributed by atoms with E-state index < -0.39 is 0 Å². The quantitative estimate of drug-likeness (QED) is 0.711. The second-order valence-electron chi connectivity index (χ2n) is 7.71. The van der Waals surface area contributed by atoms with E-state index in [-0.39, 0.29) is 29.6 Å². The van der Waals surface area contributed by atoms with Gasteiger partial charge in [0.25, 0.3) is 5.91 Å². The molecular weight excluding hydrogens is 413 g/mol. The summed E-state index contributed by atoms with van der Waals surface area (Å²) in [5.74, 6) is -0.279. The lowest BCUT2D eigenvalue weighted by atomic mass is 10.0. The summed E-state index contributed by atoms with van der Waals surface area (Å²) in [6, 6.07) is 8.03. The maximum Gasteiger partial charge on any atom is 0.261 e. The summed E-state index contributed by atoms with van der Waals surface area (Å²) < 4.78 is 13.2. The molecule has 1 atom stereocenters. The van der Waals surface area contributed by atoms with Crippen LogP contribution in [0.4, 0.5) is 9.39 Å². The highest BCUT2D eigenvalue weighted by atomic mass is 35.5. The van der Waals surface area contributed by atoms with Gasteiger partial charge in [-0.15, -0.1) is 11.3 Å². The van der Waals surface area contributed by atoms with Crippen LogP contribution in [0.3, 0.4) is 0 Å². The Kier molecular flexibility index (Phi) is 6.18. The highest BCUT2D eigenvalue weighted by Gasteiger charge is 2.30. The van der Waals surface area contributed by atoms with E-state index in [9.17, 15) is 14.0 Å². The molecule has 1 aromatic heterocycles. The van der Waals surface area contributed by atoms with Crippen molar-refractivity contribution in [2.45, 2.75) is 38.3 Å². The van der Waals surface area contributed by atoms with E-state index in [1.807, 2.05) is 0 Å². The number of hydrogen-bond donors (Lipinski definition) is 2. The number of amides is 2. The van der Waals surface area contributed by atoms with E-state index in [0.717, 1.165) is 44.3 Å². The zero-order chi connectivity index (χ0) is 20.4. The molecule has 154 valence electrons. The van der Waals surface area contributed by atoms with E-state index in [4.69, 9.17) is 11.6 Å². The van der Waals surface area contributed by atoms with Gasteiger partial charge < -0.3 is 10.6 Å². The van der Waals surface area contributed by atoms with Crippen LogP contribution in [-0.2, 0) is 11.3 Å². The topological polar surface area (TPSA) is 61.4 Å². The van der Waals surface area contributed by atoms with Crippen molar-refractivity contribution in [2.24, 2.45) is 5.92 Å². The second-order valence-corrected chi connectivity index (χ2v) is 9.20. The van der Waals surface area contributed by atoms with Gasteiger partial charge in [0.1, 0.15) is 5.82 Å². The highest BCUT2D eigenvalue weighted by molar-refractivity contribution is 7.18. The number of likely N-dealkylation sites (tertiary alicyclic amines) is 1. The molecular formula is C21H23ClFN3O2S. The van der Waals surface area contributed by atoms with Crippen LogP contribution < -0.4 is 10.6 Å². The Morgan fingerprint density at radius 1 is 1.21 bits per heavy atom. The molecule has 5 nitrogen and oxygen atoms in total. The van der Waals surface area contributed by atoms with Gasteiger partial charge in [0, 0.05) is 30.1 Å². The van der Waals surface area contributed by atoms with Crippen LogP contribution >= 0.6 is 22.9 Å². The monoisotopic (exact) mass is 435 g/mol. The molecule has 1 aromatic carbocycles. The first-order valence-corrected chi connectivity index (χ1v) is 11.1. The van der Waals surface area contributed by atoms with Crippen LogP contribution in [-0.4, -0.2) is 35.8 Å². The van der Waals surface area contributed by atoms with E-state index >= 15 is 0 Å². The van der Waals surface area contributed by atoms with Crippen molar-refractivity contribution in [2.75, 3.05) is 18.4 Å². The summed E-state index contributed by atoms with van der Waals surface area (Å²) >= 11 is 7.45. The highest BCUT2D eigenvalue weighted by Crippen LogP contribution is 2.31. The predicted octanol–water partition coefficient (Wildman–Crippen LogP) is 4.28. The van der Waals surface area contributed by atoms with E-state index in [2.05, 4.69) is 15.5 Å². The first kappa shape index (κ1) is 20.3. The van der Waals surface area contributed by atoms with Crippen LogP contribution in [0.15, 0.2) is 30.3 Å². The van der Waals surface area contributed by atoms with Crippen LogP contribution in [0.5, 0.6) is 0 Å². The Morgan fingerprint density at radius 2 is 2.03 bits per heavy atom. The standard InChI is InChI=1S/C21H23ClFN3O2S/c22-17-10-15(23)6-5-14(17)11-26-9-1-2-16(12-26)24-21(28)18-7-8-19(29-18)25-20(27)13-3-4-13/h5-8,10,13,16H,1-4,9,11-12H2,(H,24,28)(H,25,27). The lowest BCUT2D eigenvalue weighted by molar-refractivity contribution is -0.117. The molecule has 1 saturated carbocycles. The lowest BCUT2D eigenvalue weighted by Crippen LogP contribution is -2.47. The number of nitrogens with zero attached hydrogens (tertiary/aromatic N) is 1. The summed E-state index contributed by atoms with van der Waals surface area (Å²) in [6.07, 6.45) is 3.78. The van der Waals surface area contributed by atoms with Crippen molar-refractivity contribution >= 4 is 39.8 Å². The Balaban J connectivity index is 1.31. The number of hydrogen-bond acceptors (Lipinski definition) is 4. The van der Waals surface area contributed by atoms with Gasteiger partial charge in [-0.05, 0) is 62.1 Å². The third-order valence-electron chi connectivity index (χ3n) is 5.27. The fourth-order valence-corrected chi connectivity index (χ4v) is 4.60. The molecule has 29 heavy (non-hydrogen) atoms. The minimum absolute atomic E-state index is 0.0428. The molecule has 0 radical (unpaired) electrons. The molecule has 0 spiro atoms. The SMILES string of the molecule is O=C(NC1CCCN(Cc2ccc(F)cc2Cl)C1)c1ccc(NC(=O)C2CC2)s1. The average molecular weight is 436 g/mol. The van der Waals surface area contributed by atoms with Gasteiger partial charge >= 0.3 is 0 Å². The normalized spacial score (nSPS) is 19.7. The van der Waals surface area contributed by atoms with Crippen LogP contribution in [0.1, 0.15) is 40.9 Å². The number of benzene rings is 1. The van der Waals surface area contributed by atoms with Gasteiger partial charge in [0.05, 0.1) is 9.88 Å². The van der Waals surface area contributed by atoms with E-state index in [0.29, 0.717) is 21.4 Å². The van der Waals surface area contributed by atoms with Gasteiger partial charge in [-0.2, -0.15) is 0 Å². The number of anilines is 1. The molecule has 2 N–H and O–H groups in total. The molecule has 1 unspecified atom stereocenters.